The molecule has 1 aliphatic carbocycles. The fourth-order valence-corrected chi connectivity index (χ4v) is 5.22. The summed E-state index contributed by atoms with van der Waals surface area (Å²) in [7, 11) is 0. The second-order valence-electron chi connectivity index (χ2n) is 9.61. The van der Waals surface area contributed by atoms with Crippen molar-refractivity contribution in [3.63, 3.8) is 0 Å². The number of carboxylic acids is 1. The van der Waals surface area contributed by atoms with Crippen LogP contribution in [0.3, 0.4) is 0 Å². The third-order valence-corrected chi connectivity index (χ3v) is 7.20. The van der Waals surface area contributed by atoms with Gasteiger partial charge in [-0.25, -0.2) is 14.2 Å². The van der Waals surface area contributed by atoms with Crippen LogP contribution in [0.15, 0.2) is 36.9 Å². The lowest BCUT2D eigenvalue weighted by atomic mass is 9.77. The standard InChI is InChI=1S/C26H28FN7O4/c1-14(36)21-23(16-4-2-15(3-5-16)22(27)26(37)38)32-25-19(12-31-34(25)24(21)28)17-6-7-20(29-10-17)18-11-30-33(13-18)8-9-35/h6-7,10-13,15-16,22,35H,2-5,8-9,28H2,1H3,(H,37,38)/t15?,16?,22-/m0/s1. The van der Waals surface area contributed by atoms with Crippen molar-refractivity contribution >= 4 is 23.2 Å². The summed E-state index contributed by atoms with van der Waals surface area (Å²) in [6.07, 6.45) is 6.69. The van der Waals surface area contributed by atoms with Crippen LogP contribution >= 0.6 is 0 Å². The Balaban J connectivity index is 1.49. The number of hydrogen-bond acceptors (Lipinski definition) is 8. The number of Topliss-reactive ketones (excluding diaryl/α,β-unsaturated/α-hetero) is 1. The minimum absolute atomic E-state index is 0.00811. The number of carboxylic acid groups (broad SMARTS) is 1. The summed E-state index contributed by atoms with van der Waals surface area (Å²) in [5.41, 5.74) is 10.7. The Morgan fingerprint density at radius 2 is 1.89 bits per heavy atom. The fourth-order valence-electron chi connectivity index (χ4n) is 5.22. The van der Waals surface area contributed by atoms with Crippen molar-refractivity contribution in [2.75, 3.05) is 12.3 Å². The molecule has 1 aliphatic rings. The highest BCUT2D eigenvalue weighted by molar-refractivity contribution is 6.00. The number of rotatable bonds is 8. The molecule has 1 fully saturated rings. The third-order valence-electron chi connectivity index (χ3n) is 7.20. The molecule has 0 spiro atoms. The zero-order valence-electron chi connectivity index (χ0n) is 20.8. The van der Waals surface area contributed by atoms with Crippen molar-refractivity contribution in [1.29, 1.82) is 0 Å². The summed E-state index contributed by atoms with van der Waals surface area (Å²) in [5, 5.41) is 26.7. The van der Waals surface area contributed by atoms with Gasteiger partial charge in [-0.05, 0) is 38.7 Å². The van der Waals surface area contributed by atoms with Crippen molar-refractivity contribution in [1.82, 2.24) is 29.4 Å². The molecule has 0 aromatic carbocycles. The highest BCUT2D eigenvalue weighted by Gasteiger charge is 2.35. The van der Waals surface area contributed by atoms with Crippen molar-refractivity contribution in [3.8, 4) is 22.4 Å². The highest BCUT2D eigenvalue weighted by atomic mass is 19.1. The van der Waals surface area contributed by atoms with Gasteiger partial charge in [0.1, 0.15) is 5.82 Å². The maximum Gasteiger partial charge on any atom is 0.338 e. The Kier molecular flexibility index (Phi) is 6.89. The van der Waals surface area contributed by atoms with Gasteiger partial charge < -0.3 is 15.9 Å². The molecule has 4 N–H and O–H groups in total. The largest absolute Gasteiger partial charge is 0.479 e. The molecule has 4 aromatic rings. The number of anilines is 1. The van der Waals surface area contributed by atoms with Gasteiger partial charge in [-0.15, -0.1) is 0 Å². The number of aromatic nitrogens is 6. The van der Waals surface area contributed by atoms with Gasteiger partial charge in [0.15, 0.2) is 17.6 Å². The lowest BCUT2D eigenvalue weighted by molar-refractivity contribution is -0.145. The van der Waals surface area contributed by atoms with E-state index in [1.165, 1.54) is 11.4 Å². The van der Waals surface area contributed by atoms with Gasteiger partial charge in [-0.2, -0.15) is 14.7 Å². The number of carbonyl (C=O) groups excluding carboxylic acids is 1. The number of nitrogens with zero attached hydrogens (tertiary/aromatic N) is 6. The number of aliphatic hydroxyl groups excluding tert-OH is 1. The molecule has 1 atom stereocenters. The number of nitrogen functional groups attached to an aromatic ring is 1. The fraction of sp³-hybridized carbons (Fsp3) is 0.385. The molecule has 38 heavy (non-hydrogen) atoms. The molecule has 11 nitrogen and oxygen atoms in total. The van der Waals surface area contributed by atoms with E-state index in [0.717, 1.165) is 11.1 Å². The smallest absolute Gasteiger partial charge is 0.338 e. The van der Waals surface area contributed by atoms with Crippen molar-refractivity contribution < 1.29 is 24.2 Å². The summed E-state index contributed by atoms with van der Waals surface area (Å²) in [6, 6.07) is 3.74. The summed E-state index contributed by atoms with van der Waals surface area (Å²) in [4.78, 5) is 33.1. The van der Waals surface area contributed by atoms with Crippen LogP contribution in [0, 0.1) is 5.92 Å². The molecule has 198 valence electrons. The number of fused-ring (bicyclic) bond motifs is 1. The number of hydrogen-bond donors (Lipinski definition) is 3. The van der Waals surface area contributed by atoms with Gasteiger partial charge in [-0.3, -0.25) is 14.5 Å². The molecule has 4 aromatic heterocycles. The van der Waals surface area contributed by atoms with Gasteiger partial charge in [0, 0.05) is 40.9 Å². The van der Waals surface area contributed by atoms with E-state index in [9.17, 15) is 14.0 Å². The van der Waals surface area contributed by atoms with Crippen LogP contribution in [0.5, 0.6) is 0 Å². The van der Waals surface area contributed by atoms with Crippen LogP contribution in [0.1, 0.15) is 54.6 Å². The van der Waals surface area contributed by atoms with Crippen molar-refractivity contribution in [2.24, 2.45) is 5.92 Å². The average Bonchev–Trinajstić information content (AvgIpc) is 3.56. The molecule has 0 aliphatic heterocycles. The molecule has 0 unspecified atom stereocenters. The topological polar surface area (TPSA) is 162 Å². The Morgan fingerprint density at radius 3 is 2.53 bits per heavy atom. The maximum absolute atomic E-state index is 14.1. The number of alkyl halides is 1. The number of carbonyl (C=O) groups is 2. The van der Waals surface area contributed by atoms with E-state index in [4.69, 9.17) is 20.9 Å². The van der Waals surface area contributed by atoms with Gasteiger partial charge in [-0.1, -0.05) is 6.07 Å². The Bertz CT molecular complexity index is 1490. The van der Waals surface area contributed by atoms with Crippen LogP contribution < -0.4 is 5.73 Å². The lowest BCUT2D eigenvalue weighted by Crippen LogP contribution is -2.29. The van der Waals surface area contributed by atoms with Crippen LogP contribution in [0.4, 0.5) is 10.2 Å². The van der Waals surface area contributed by atoms with E-state index in [1.807, 2.05) is 18.3 Å². The summed E-state index contributed by atoms with van der Waals surface area (Å²) in [6.45, 7) is 1.81. The zero-order valence-corrected chi connectivity index (χ0v) is 20.8. The second-order valence-corrected chi connectivity index (χ2v) is 9.61. The minimum atomic E-state index is -1.90. The molecule has 12 heteroatoms. The minimum Gasteiger partial charge on any atom is -0.479 e. The predicted molar refractivity (Wildman–Crippen MR) is 136 cm³/mol. The SMILES string of the molecule is CC(=O)c1c(C2CCC([C@H](F)C(=O)O)CC2)nc2c(-c3ccc(-c4cnn(CCO)c4)nc3)cnn2c1N. The van der Waals surface area contributed by atoms with Crippen molar-refractivity contribution in [3.05, 3.63) is 48.2 Å². The molecule has 0 bridgehead atoms. The van der Waals surface area contributed by atoms with Gasteiger partial charge in [0.2, 0.25) is 0 Å². The predicted octanol–water partition coefficient (Wildman–Crippen LogP) is 3.13. The number of pyridine rings is 1. The highest BCUT2D eigenvalue weighted by Crippen LogP contribution is 2.40. The Morgan fingerprint density at radius 1 is 1.13 bits per heavy atom. The van der Waals surface area contributed by atoms with Gasteiger partial charge in [0.05, 0.1) is 42.5 Å². The first kappa shape index (κ1) is 25.5. The molecule has 0 amide bonds. The number of halogens is 1. The lowest BCUT2D eigenvalue weighted by Gasteiger charge is -2.29. The van der Waals surface area contributed by atoms with E-state index in [2.05, 4.69) is 15.2 Å². The van der Waals surface area contributed by atoms with Gasteiger partial charge in [0.25, 0.3) is 0 Å². The molecular formula is C26H28FN7O4. The molecule has 1 saturated carbocycles. The molecule has 4 heterocycles. The van der Waals surface area contributed by atoms with Crippen LogP contribution in [-0.4, -0.2) is 64.1 Å². The van der Waals surface area contributed by atoms with E-state index >= 15 is 0 Å². The molecule has 0 saturated heterocycles. The van der Waals surface area contributed by atoms with E-state index in [0.29, 0.717) is 60.4 Å². The second kappa shape index (κ2) is 10.3. The first-order valence-electron chi connectivity index (χ1n) is 12.4. The third kappa shape index (κ3) is 4.62. The molecular weight excluding hydrogens is 493 g/mol. The van der Waals surface area contributed by atoms with E-state index in [1.54, 1.807) is 23.3 Å². The average molecular weight is 522 g/mol. The summed E-state index contributed by atoms with van der Waals surface area (Å²) < 4.78 is 17.1. The zero-order chi connectivity index (χ0) is 27.0. The molecule has 5 rings (SSSR count). The van der Waals surface area contributed by atoms with Crippen LogP contribution in [0.25, 0.3) is 28.0 Å². The Hall–Kier alpha value is -4.19. The van der Waals surface area contributed by atoms with Crippen LogP contribution in [-0.2, 0) is 11.3 Å². The first-order chi connectivity index (χ1) is 18.3. The summed E-state index contributed by atoms with van der Waals surface area (Å²) >= 11 is 0. The van der Waals surface area contributed by atoms with E-state index < -0.39 is 18.1 Å². The number of aliphatic carboxylic acids is 1. The summed E-state index contributed by atoms with van der Waals surface area (Å²) in [5.74, 6) is -2.22. The monoisotopic (exact) mass is 521 g/mol. The van der Waals surface area contributed by atoms with Crippen molar-refractivity contribution in [2.45, 2.75) is 51.2 Å². The Labute approximate surface area is 217 Å². The first-order valence-corrected chi connectivity index (χ1v) is 12.4. The van der Waals surface area contributed by atoms with Gasteiger partial charge >= 0.3 is 5.97 Å². The molecule has 0 radical (unpaired) electrons. The maximum atomic E-state index is 14.1. The quantitative estimate of drug-likeness (QED) is 0.296. The normalized spacial score (nSPS) is 18.5. The van der Waals surface area contributed by atoms with Crippen LogP contribution in [0.2, 0.25) is 0 Å². The number of ketones is 1. The van der Waals surface area contributed by atoms with E-state index in [-0.39, 0.29) is 24.1 Å². The number of nitrogens with two attached hydrogens (primary N) is 1. The number of aliphatic hydroxyl groups is 1.